The number of hydrogen-bond donors (Lipinski definition) is 0. The fourth-order valence-corrected chi connectivity index (χ4v) is 6.29. The fourth-order valence-electron chi connectivity index (χ4n) is 6.29. The van der Waals surface area contributed by atoms with E-state index in [1.54, 1.807) is 0 Å². The van der Waals surface area contributed by atoms with Crippen molar-refractivity contribution < 1.29 is 39.5 Å². The van der Waals surface area contributed by atoms with Gasteiger partial charge in [0.25, 0.3) is 0 Å². The number of unbranched alkanes of at least 4 members (excludes halogenated alkanes) is 27. The molecule has 1 atom stereocenters. The quantitative estimate of drug-likeness (QED) is 0.0540. The van der Waals surface area contributed by atoms with E-state index in [1.807, 2.05) is 0 Å². The summed E-state index contributed by atoms with van der Waals surface area (Å²) in [6, 6.07) is -0.390. The number of carboxylic acid groups (broad SMARTS) is 1. The van der Waals surface area contributed by atoms with Gasteiger partial charge in [0, 0.05) is 6.04 Å². The van der Waals surface area contributed by atoms with Gasteiger partial charge in [0.15, 0.2) is 0 Å². The maximum Gasteiger partial charge on any atom is 1.00 e. The van der Waals surface area contributed by atoms with Crippen molar-refractivity contribution in [1.29, 1.82) is 0 Å². The zero-order chi connectivity index (χ0) is 30.1. The molecule has 0 spiro atoms. The van der Waals surface area contributed by atoms with Crippen LogP contribution in [0.25, 0.3) is 0 Å². The van der Waals surface area contributed by atoms with Gasteiger partial charge in [-0.3, -0.25) is 4.90 Å². The van der Waals surface area contributed by atoms with Crippen LogP contribution in [0.5, 0.6) is 0 Å². The predicted octanol–water partition coefficient (Wildman–Crippen LogP) is 8.56. The summed E-state index contributed by atoms with van der Waals surface area (Å²) in [4.78, 5) is 14.3. The number of carbonyl (C=O) groups is 1. The Bertz CT molecular complexity index is 483. The Morgan fingerprint density at radius 1 is 0.429 bits per heavy atom. The van der Waals surface area contributed by atoms with Gasteiger partial charge in [-0.05, 0) is 32.4 Å². The predicted molar refractivity (Wildman–Crippen MR) is 181 cm³/mol. The summed E-state index contributed by atoms with van der Waals surface area (Å²) in [6.45, 7) is 8.58. The van der Waals surface area contributed by atoms with E-state index in [4.69, 9.17) is 0 Å². The normalized spacial score (nSPS) is 12.1. The van der Waals surface area contributed by atoms with E-state index in [0.29, 0.717) is 0 Å². The first-order chi connectivity index (χ1) is 20.2. The van der Waals surface area contributed by atoms with Crippen LogP contribution >= 0.6 is 0 Å². The number of carbonyl (C=O) groups excluding carboxylic acids is 1. The summed E-state index contributed by atoms with van der Waals surface area (Å²) in [5, 5.41) is 12.0. The Morgan fingerprint density at radius 3 is 0.905 bits per heavy atom. The number of nitrogens with zero attached hydrogens (tertiary/aromatic N) is 1. The molecule has 0 aromatic rings. The summed E-state index contributed by atoms with van der Waals surface area (Å²) >= 11 is 0. The van der Waals surface area contributed by atoms with E-state index in [2.05, 4.69) is 25.7 Å². The van der Waals surface area contributed by atoms with Gasteiger partial charge in [0.2, 0.25) is 0 Å². The molecule has 0 bridgehead atoms. The Balaban J connectivity index is 0. The molecule has 0 saturated heterocycles. The summed E-state index contributed by atoms with van der Waals surface area (Å²) in [6.07, 6.45) is 40.9. The molecule has 0 aromatic heterocycles. The minimum Gasteiger partial charge on any atom is -0.548 e. The average molecular weight is 602 g/mol. The second kappa shape index (κ2) is 37.6. The molecule has 0 N–H and O–H groups in total. The molecule has 0 radical (unpaired) electrons. The van der Waals surface area contributed by atoms with Crippen molar-refractivity contribution >= 4 is 5.97 Å². The summed E-state index contributed by atoms with van der Waals surface area (Å²) in [5.74, 6) is -0.853. The first-order valence-corrected chi connectivity index (χ1v) is 19.1. The maximum atomic E-state index is 12.0. The summed E-state index contributed by atoms with van der Waals surface area (Å²) < 4.78 is 0. The topological polar surface area (TPSA) is 43.4 Å². The molecule has 0 aliphatic carbocycles. The summed E-state index contributed by atoms with van der Waals surface area (Å²) in [7, 11) is 0. The van der Waals surface area contributed by atoms with Gasteiger partial charge in [-0.1, -0.05) is 201 Å². The van der Waals surface area contributed by atoms with Gasteiger partial charge < -0.3 is 9.90 Å². The molecule has 246 valence electrons. The third kappa shape index (κ3) is 31.8. The SMILES string of the molecule is CCCCCCCCCCCCCCCCN(CCCCCCCCCCCCCCCC)C(CCCC)C(=O)[O-].[Na+]. The van der Waals surface area contributed by atoms with Crippen molar-refractivity contribution in [1.82, 2.24) is 4.90 Å². The van der Waals surface area contributed by atoms with Crippen LogP contribution in [0.4, 0.5) is 0 Å². The first kappa shape index (κ1) is 44.6. The van der Waals surface area contributed by atoms with Crippen molar-refractivity contribution in [2.75, 3.05) is 13.1 Å². The van der Waals surface area contributed by atoms with Crippen LogP contribution in [-0.4, -0.2) is 30.0 Å². The van der Waals surface area contributed by atoms with Crippen molar-refractivity contribution in [2.24, 2.45) is 0 Å². The van der Waals surface area contributed by atoms with Gasteiger partial charge in [-0.25, -0.2) is 0 Å². The molecule has 0 saturated carbocycles. The molecular weight excluding hydrogens is 525 g/mol. The molecule has 0 fully saturated rings. The minimum absolute atomic E-state index is 0. The van der Waals surface area contributed by atoms with E-state index >= 15 is 0 Å². The maximum absolute atomic E-state index is 12.0. The van der Waals surface area contributed by atoms with E-state index in [0.717, 1.165) is 45.2 Å². The molecule has 4 heteroatoms. The monoisotopic (exact) mass is 602 g/mol. The minimum atomic E-state index is -0.853. The van der Waals surface area contributed by atoms with Crippen molar-refractivity contribution in [3.05, 3.63) is 0 Å². The molecule has 0 aromatic carbocycles. The molecule has 3 nitrogen and oxygen atoms in total. The molecule has 0 aliphatic heterocycles. The smallest absolute Gasteiger partial charge is 0.548 e. The van der Waals surface area contributed by atoms with Crippen molar-refractivity contribution in [2.45, 2.75) is 226 Å². The number of aliphatic carboxylic acids is 1. The van der Waals surface area contributed by atoms with Crippen LogP contribution in [0.3, 0.4) is 0 Å². The van der Waals surface area contributed by atoms with E-state index in [-0.39, 0.29) is 35.6 Å². The molecule has 0 rings (SSSR count). The van der Waals surface area contributed by atoms with Gasteiger partial charge >= 0.3 is 29.6 Å². The third-order valence-corrected chi connectivity index (χ3v) is 9.14. The largest absolute Gasteiger partial charge is 1.00 e. The molecular formula is C38H76NNaO2. The van der Waals surface area contributed by atoms with Crippen LogP contribution in [0, 0.1) is 0 Å². The number of hydrogen-bond acceptors (Lipinski definition) is 3. The van der Waals surface area contributed by atoms with E-state index in [9.17, 15) is 9.90 Å². The number of rotatable bonds is 35. The molecule has 0 aliphatic rings. The molecule has 1 unspecified atom stereocenters. The van der Waals surface area contributed by atoms with Gasteiger partial charge in [0.1, 0.15) is 0 Å². The molecule has 42 heavy (non-hydrogen) atoms. The number of carboxylic acids is 1. The fraction of sp³-hybridized carbons (Fsp3) is 0.974. The van der Waals surface area contributed by atoms with Crippen LogP contribution in [0.1, 0.15) is 220 Å². The second-order valence-electron chi connectivity index (χ2n) is 13.2. The van der Waals surface area contributed by atoms with Crippen molar-refractivity contribution in [3.63, 3.8) is 0 Å². The van der Waals surface area contributed by atoms with Gasteiger partial charge in [-0.2, -0.15) is 0 Å². The zero-order valence-corrected chi connectivity index (χ0v) is 31.7. The third-order valence-electron chi connectivity index (χ3n) is 9.14. The molecule has 0 amide bonds. The standard InChI is InChI=1S/C38H77NO2.Na/c1-4-7-10-12-14-16-18-20-22-24-26-28-30-32-35-39(37(38(40)41)34-9-6-3)36-33-31-29-27-25-23-21-19-17-15-13-11-8-5-2;/h37H,4-36H2,1-3H3,(H,40,41);/q;+1/p-1. The average Bonchev–Trinajstić information content (AvgIpc) is 2.97. The second-order valence-corrected chi connectivity index (χ2v) is 13.2. The van der Waals surface area contributed by atoms with Crippen LogP contribution in [0.15, 0.2) is 0 Å². The van der Waals surface area contributed by atoms with Gasteiger partial charge in [0.05, 0.1) is 5.97 Å². The Kier molecular flexibility index (Phi) is 39.9. The Labute approximate surface area is 287 Å². The van der Waals surface area contributed by atoms with Crippen LogP contribution in [0.2, 0.25) is 0 Å². The van der Waals surface area contributed by atoms with Crippen LogP contribution < -0.4 is 34.7 Å². The molecule has 0 heterocycles. The summed E-state index contributed by atoms with van der Waals surface area (Å²) in [5.41, 5.74) is 0. The zero-order valence-electron chi connectivity index (χ0n) is 29.7. The van der Waals surface area contributed by atoms with E-state index in [1.165, 1.54) is 167 Å². The van der Waals surface area contributed by atoms with Gasteiger partial charge in [-0.15, -0.1) is 0 Å². The first-order valence-electron chi connectivity index (χ1n) is 19.1. The Hall–Kier alpha value is 0.430. The van der Waals surface area contributed by atoms with E-state index < -0.39 is 5.97 Å². The van der Waals surface area contributed by atoms with Crippen molar-refractivity contribution in [3.8, 4) is 0 Å². The van der Waals surface area contributed by atoms with Crippen LogP contribution in [-0.2, 0) is 4.79 Å². The Morgan fingerprint density at radius 2 is 0.667 bits per heavy atom.